The number of carboxylic acid groups (broad SMARTS) is 1. The molecule has 0 aliphatic carbocycles. The van der Waals surface area contributed by atoms with E-state index < -0.39 is 5.97 Å². The van der Waals surface area contributed by atoms with Crippen LogP contribution in [0.15, 0.2) is 24.3 Å². The first kappa shape index (κ1) is 13.0. The fourth-order valence-electron chi connectivity index (χ4n) is 0.848. The molecule has 0 saturated carbocycles. The van der Waals surface area contributed by atoms with E-state index in [0.717, 1.165) is 6.29 Å². The van der Waals surface area contributed by atoms with Gasteiger partial charge in [0.1, 0.15) is 6.29 Å². The zero-order valence-electron chi connectivity index (χ0n) is 8.56. The molecule has 1 N–H and O–H groups in total. The predicted octanol–water partition coefficient (Wildman–Crippen LogP) is 1.79. The third kappa shape index (κ3) is 4.71. The first-order valence-electron chi connectivity index (χ1n) is 4.27. The van der Waals surface area contributed by atoms with Gasteiger partial charge in [0.15, 0.2) is 5.78 Å². The van der Waals surface area contributed by atoms with E-state index in [1.54, 1.807) is 0 Å². The molecule has 0 spiro atoms. The molecule has 0 fully saturated rings. The van der Waals surface area contributed by atoms with E-state index in [4.69, 9.17) is 9.90 Å². The van der Waals surface area contributed by atoms with Gasteiger partial charge in [0.2, 0.25) is 0 Å². The van der Waals surface area contributed by atoms with Crippen LogP contribution in [0.1, 0.15) is 34.6 Å². The smallest absolute Gasteiger partial charge is 0.335 e. The second-order valence-corrected chi connectivity index (χ2v) is 2.67. The third-order valence-electron chi connectivity index (χ3n) is 1.54. The van der Waals surface area contributed by atoms with Crippen LogP contribution in [0.4, 0.5) is 0 Å². The molecular formula is C11H12O4. The molecule has 0 bridgehead atoms. The van der Waals surface area contributed by atoms with Gasteiger partial charge in [-0.25, -0.2) is 4.79 Å². The number of Topliss-reactive ketones (excluding diaryl/α,β-unsaturated/α-hetero) is 1. The molecule has 1 aromatic carbocycles. The Balaban J connectivity index is 0.000000583. The Hall–Kier alpha value is -1.97. The van der Waals surface area contributed by atoms with E-state index in [9.17, 15) is 9.59 Å². The predicted molar refractivity (Wildman–Crippen MR) is 55.1 cm³/mol. The number of aldehydes is 1. The van der Waals surface area contributed by atoms with Crippen molar-refractivity contribution >= 4 is 18.0 Å². The molecule has 80 valence electrons. The summed E-state index contributed by atoms with van der Waals surface area (Å²) in [5, 5.41) is 8.53. The quantitative estimate of drug-likeness (QED) is 0.594. The molecule has 0 aromatic heterocycles. The number of hydrogen-bond acceptors (Lipinski definition) is 3. The van der Waals surface area contributed by atoms with Crippen molar-refractivity contribution in [1.29, 1.82) is 0 Å². The van der Waals surface area contributed by atoms with Crippen molar-refractivity contribution in [3.63, 3.8) is 0 Å². The van der Waals surface area contributed by atoms with Crippen molar-refractivity contribution in [3.05, 3.63) is 35.4 Å². The van der Waals surface area contributed by atoms with Crippen LogP contribution in [0, 0.1) is 0 Å². The molecule has 0 unspecified atom stereocenters. The zero-order valence-corrected chi connectivity index (χ0v) is 8.56. The number of ketones is 1. The van der Waals surface area contributed by atoms with Crippen molar-refractivity contribution in [1.82, 2.24) is 0 Å². The Kier molecular flexibility index (Phi) is 5.63. The second kappa shape index (κ2) is 6.48. The molecule has 0 saturated heterocycles. The summed E-state index contributed by atoms with van der Waals surface area (Å²) in [7, 11) is 0. The molecule has 1 aromatic rings. The molecule has 0 aliphatic heterocycles. The van der Waals surface area contributed by atoms with Crippen molar-refractivity contribution < 1.29 is 19.5 Å². The maximum atomic E-state index is 10.8. The highest BCUT2D eigenvalue weighted by Crippen LogP contribution is 2.04. The summed E-state index contributed by atoms with van der Waals surface area (Å²) in [6.45, 7) is 2.88. The van der Waals surface area contributed by atoms with Gasteiger partial charge in [0.05, 0.1) is 5.56 Å². The van der Waals surface area contributed by atoms with Gasteiger partial charge in [0, 0.05) is 5.56 Å². The Labute approximate surface area is 87.5 Å². The summed E-state index contributed by atoms with van der Waals surface area (Å²) >= 11 is 0. The molecule has 0 aliphatic rings. The van der Waals surface area contributed by atoms with Gasteiger partial charge in [-0.05, 0) is 26.0 Å². The molecule has 4 heteroatoms. The van der Waals surface area contributed by atoms with Gasteiger partial charge in [-0.3, -0.25) is 4.79 Å². The van der Waals surface area contributed by atoms with Crippen molar-refractivity contribution in [2.24, 2.45) is 0 Å². The summed E-state index contributed by atoms with van der Waals surface area (Å²) in [5.41, 5.74) is 0.722. The van der Waals surface area contributed by atoms with E-state index in [-0.39, 0.29) is 11.3 Å². The van der Waals surface area contributed by atoms with E-state index in [1.165, 1.54) is 38.1 Å². The summed E-state index contributed by atoms with van der Waals surface area (Å²) in [6, 6.07) is 5.84. The average Bonchev–Trinajstić information content (AvgIpc) is 2.19. The lowest BCUT2D eigenvalue weighted by atomic mass is 10.1. The fraction of sp³-hybridized carbons (Fsp3) is 0.182. The Morgan fingerprint density at radius 3 is 1.73 bits per heavy atom. The summed E-state index contributed by atoms with van der Waals surface area (Å²) in [4.78, 5) is 30.0. The Morgan fingerprint density at radius 1 is 1.13 bits per heavy atom. The van der Waals surface area contributed by atoms with E-state index in [1.807, 2.05) is 0 Å². The zero-order chi connectivity index (χ0) is 11.8. The molecular weight excluding hydrogens is 196 g/mol. The third-order valence-corrected chi connectivity index (χ3v) is 1.54. The Morgan fingerprint density at radius 2 is 1.47 bits per heavy atom. The Bertz CT molecular complexity index is 318. The minimum absolute atomic E-state index is 0.0630. The van der Waals surface area contributed by atoms with Crippen LogP contribution in [0.3, 0.4) is 0 Å². The topological polar surface area (TPSA) is 71.4 Å². The van der Waals surface area contributed by atoms with Crippen LogP contribution in [0.25, 0.3) is 0 Å². The lowest BCUT2D eigenvalue weighted by Gasteiger charge is -1.95. The number of rotatable bonds is 2. The molecule has 1 rings (SSSR count). The number of carbonyl (C=O) groups is 3. The number of benzene rings is 1. The van der Waals surface area contributed by atoms with Crippen molar-refractivity contribution in [3.8, 4) is 0 Å². The summed E-state index contributed by atoms with van der Waals surface area (Å²) in [5.74, 6) is -1.04. The van der Waals surface area contributed by atoms with Crippen molar-refractivity contribution in [2.75, 3.05) is 0 Å². The average molecular weight is 208 g/mol. The lowest BCUT2D eigenvalue weighted by Crippen LogP contribution is -1.97. The monoisotopic (exact) mass is 208 g/mol. The summed E-state index contributed by atoms with van der Waals surface area (Å²) < 4.78 is 0. The number of carboxylic acids is 1. The normalized spacial score (nSPS) is 8.40. The van der Waals surface area contributed by atoms with E-state index in [0.29, 0.717) is 5.56 Å². The van der Waals surface area contributed by atoms with Crippen LogP contribution < -0.4 is 0 Å². The number of hydrogen-bond donors (Lipinski definition) is 1. The molecule has 0 radical (unpaired) electrons. The minimum Gasteiger partial charge on any atom is -0.478 e. The standard InChI is InChI=1S/C9H8O3.C2H4O/c1-6(10)7-2-4-8(5-3-7)9(11)12;1-2-3/h2-5H,1H3,(H,11,12);2H,1H3. The van der Waals surface area contributed by atoms with E-state index in [2.05, 4.69) is 0 Å². The highest BCUT2D eigenvalue weighted by molar-refractivity contribution is 5.95. The van der Waals surface area contributed by atoms with Crippen LogP contribution in [0.2, 0.25) is 0 Å². The van der Waals surface area contributed by atoms with Gasteiger partial charge in [-0.15, -0.1) is 0 Å². The minimum atomic E-state index is -0.981. The van der Waals surface area contributed by atoms with Crippen molar-refractivity contribution in [2.45, 2.75) is 13.8 Å². The number of aromatic carboxylic acids is 1. The SMILES string of the molecule is CC(=O)c1ccc(C(=O)O)cc1.CC=O. The fourth-order valence-corrected chi connectivity index (χ4v) is 0.848. The van der Waals surface area contributed by atoms with Gasteiger partial charge in [-0.2, -0.15) is 0 Å². The van der Waals surface area contributed by atoms with E-state index >= 15 is 0 Å². The maximum Gasteiger partial charge on any atom is 0.335 e. The van der Waals surface area contributed by atoms with Gasteiger partial charge in [0.25, 0.3) is 0 Å². The number of carbonyl (C=O) groups excluding carboxylic acids is 2. The second-order valence-electron chi connectivity index (χ2n) is 2.67. The van der Waals surface area contributed by atoms with Gasteiger partial charge >= 0.3 is 5.97 Å². The molecule has 0 heterocycles. The first-order chi connectivity index (χ1) is 7.02. The first-order valence-corrected chi connectivity index (χ1v) is 4.27. The summed E-state index contributed by atoms with van der Waals surface area (Å²) in [6.07, 6.45) is 0.750. The largest absolute Gasteiger partial charge is 0.478 e. The lowest BCUT2D eigenvalue weighted by molar-refractivity contribution is -0.106. The highest BCUT2D eigenvalue weighted by atomic mass is 16.4. The molecule has 0 amide bonds. The molecule has 0 atom stereocenters. The van der Waals surface area contributed by atoms with Crippen LogP contribution in [0.5, 0.6) is 0 Å². The molecule has 4 nitrogen and oxygen atoms in total. The van der Waals surface area contributed by atoms with Crippen LogP contribution in [-0.4, -0.2) is 23.1 Å². The van der Waals surface area contributed by atoms with Crippen LogP contribution in [-0.2, 0) is 4.79 Å². The van der Waals surface area contributed by atoms with Gasteiger partial charge in [-0.1, -0.05) is 12.1 Å². The highest BCUT2D eigenvalue weighted by Gasteiger charge is 2.02. The van der Waals surface area contributed by atoms with Crippen LogP contribution >= 0.6 is 0 Å². The maximum absolute atomic E-state index is 10.8. The molecule has 15 heavy (non-hydrogen) atoms. The van der Waals surface area contributed by atoms with Gasteiger partial charge < -0.3 is 9.90 Å².